The summed E-state index contributed by atoms with van der Waals surface area (Å²) in [6.07, 6.45) is 8.03. The number of carbonyl (C=O) groups excluding carboxylic acids is 1. The van der Waals surface area contributed by atoms with E-state index in [1.54, 1.807) is 6.92 Å². The molecule has 0 spiro atoms. The molecule has 0 aromatic carbocycles. The standard InChI is InChI=1S/C24H50O3Si2/c1-12-16-18-23(7,13-2)29(10,11)27-24(14-3,15-4)28(8,9)20-17-19-26-22(25)21(5)6/h5,12-20H2,1-4,6-11H3. The van der Waals surface area contributed by atoms with Crippen LogP contribution in [0.2, 0.25) is 37.3 Å². The minimum absolute atomic E-state index is 0.0102. The molecule has 0 aliphatic heterocycles. The highest BCUT2D eigenvalue weighted by Crippen LogP contribution is 2.50. The summed E-state index contributed by atoms with van der Waals surface area (Å²) in [5.41, 5.74) is 0.472. The van der Waals surface area contributed by atoms with Crippen LogP contribution < -0.4 is 0 Å². The second-order valence-corrected chi connectivity index (χ2v) is 19.8. The van der Waals surface area contributed by atoms with Gasteiger partial charge >= 0.3 is 5.97 Å². The lowest BCUT2D eigenvalue weighted by Gasteiger charge is -2.53. The number of ether oxygens (including phenoxy) is 1. The molecule has 0 N–H and O–H groups in total. The van der Waals surface area contributed by atoms with E-state index in [1.807, 2.05) is 0 Å². The van der Waals surface area contributed by atoms with Gasteiger partial charge in [-0.25, -0.2) is 4.79 Å². The molecule has 0 amide bonds. The Kier molecular flexibility index (Phi) is 11.7. The maximum Gasteiger partial charge on any atom is 0.333 e. The summed E-state index contributed by atoms with van der Waals surface area (Å²) in [4.78, 5) is 11.7. The van der Waals surface area contributed by atoms with E-state index in [1.165, 1.54) is 25.7 Å². The third-order valence-corrected chi connectivity index (χ3v) is 17.2. The van der Waals surface area contributed by atoms with E-state index in [-0.39, 0.29) is 11.2 Å². The summed E-state index contributed by atoms with van der Waals surface area (Å²) in [6, 6.07) is 1.11. The molecule has 0 aliphatic carbocycles. The average molecular weight is 443 g/mol. The normalized spacial score (nSPS) is 15.1. The van der Waals surface area contributed by atoms with E-state index < -0.39 is 16.4 Å². The Morgan fingerprint density at radius 2 is 1.52 bits per heavy atom. The third kappa shape index (κ3) is 7.35. The van der Waals surface area contributed by atoms with E-state index in [0.29, 0.717) is 17.2 Å². The van der Waals surface area contributed by atoms with Crippen LogP contribution in [0.3, 0.4) is 0 Å². The maximum atomic E-state index is 11.7. The first-order chi connectivity index (χ1) is 13.3. The van der Waals surface area contributed by atoms with Gasteiger partial charge < -0.3 is 9.16 Å². The van der Waals surface area contributed by atoms with Gasteiger partial charge in [-0.2, -0.15) is 0 Å². The van der Waals surface area contributed by atoms with Gasteiger partial charge in [0.2, 0.25) is 0 Å². The zero-order valence-electron chi connectivity index (χ0n) is 21.3. The molecule has 0 fully saturated rings. The number of hydrogen-bond acceptors (Lipinski definition) is 3. The summed E-state index contributed by atoms with van der Waals surface area (Å²) >= 11 is 0. The predicted octanol–water partition coefficient (Wildman–Crippen LogP) is 7.88. The van der Waals surface area contributed by atoms with Crippen LogP contribution in [0, 0.1) is 0 Å². The number of rotatable bonds is 15. The van der Waals surface area contributed by atoms with Crippen molar-refractivity contribution in [3.8, 4) is 0 Å². The summed E-state index contributed by atoms with van der Waals surface area (Å²) in [5.74, 6) is -0.277. The second kappa shape index (κ2) is 11.9. The molecule has 1 atom stereocenters. The molecular weight excluding hydrogens is 392 g/mol. The molecule has 0 bridgehead atoms. The maximum absolute atomic E-state index is 11.7. The Morgan fingerprint density at radius 3 is 1.93 bits per heavy atom. The number of unbranched alkanes of at least 4 members (excludes halogenated alkanes) is 1. The SMILES string of the molecule is C=C(C)C(=O)OCCC[Si](C)(C)C(CC)(CC)O[Si](C)(C)C(C)(CC)CCCC. The van der Waals surface area contributed by atoms with Crippen molar-refractivity contribution >= 4 is 22.4 Å². The molecule has 29 heavy (non-hydrogen) atoms. The van der Waals surface area contributed by atoms with Crippen LogP contribution in [-0.2, 0) is 14.0 Å². The van der Waals surface area contributed by atoms with Crippen LogP contribution in [-0.4, -0.2) is 34.2 Å². The van der Waals surface area contributed by atoms with E-state index >= 15 is 0 Å². The van der Waals surface area contributed by atoms with Gasteiger partial charge in [-0.3, -0.25) is 0 Å². The first kappa shape index (κ1) is 28.6. The highest BCUT2D eigenvalue weighted by atomic mass is 28.4. The smallest absolute Gasteiger partial charge is 0.333 e. The fraction of sp³-hybridized carbons (Fsp3) is 0.875. The van der Waals surface area contributed by atoms with Crippen molar-refractivity contribution in [3.63, 3.8) is 0 Å². The number of carbonyl (C=O) groups is 1. The molecule has 0 heterocycles. The molecule has 0 radical (unpaired) electrons. The van der Waals surface area contributed by atoms with Crippen LogP contribution in [0.5, 0.6) is 0 Å². The van der Waals surface area contributed by atoms with Gasteiger partial charge in [-0.05, 0) is 50.7 Å². The van der Waals surface area contributed by atoms with Gasteiger partial charge in [-0.1, -0.05) is 79.6 Å². The molecule has 0 aromatic rings. The Labute approximate surface area is 184 Å². The van der Waals surface area contributed by atoms with Crippen molar-refractivity contribution in [3.05, 3.63) is 12.2 Å². The molecule has 0 aliphatic rings. The average Bonchev–Trinajstić information content (AvgIpc) is 2.66. The predicted molar refractivity (Wildman–Crippen MR) is 133 cm³/mol. The van der Waals surface area contributed by atoms with Gasteiger partial charge in [0, 0.05) is 10.8 Å². The summed E-state index contributed by atoms with van der Waals surface area (Å²) in [5, 5.41) is 0.295. The third-order valence-electron chi connectivity index (χ3n) is 7.67. The Bertz CT molecular complexity index is 524. The quantitative estimate of drug-likeness (QED) is 0.112. The zero-order chi connectivity index (χ0) is 22.9. The minimum Gasteiger partial charge on any atom is -0.462 e. The van der Waals surface area contributed by atoms with E-state index in [4.69, 9.17) is 9.16 Å². The lowest BCUT2D eigenvalue weighted by Crippen LogP contribution is -2.62. The van der Waals surface area contributed by atoms with Crippen LogP contribution in [0.25, 0.3) is 0 Å². The summed E-state index contributed by atoms with van der Waals surface area (Å²) in [6.45, 7) is 27.4. The first-order valence-electron chi connectivity index (χ1n) is 11.8. The lowest BCUT2D eigenvalue weighted by molar-refractivity contribution is -0.138. The van der Waals surface area contributed by atoms with E-state index in [0.717, 1.165) is 25.3 Å². The van der Waals surface area contributed by atoms with Crippen LogP contribution in [0.4, 0.5) is 0 Å². The first-order valence-corrected chi connectivity index (χ1v) is 17.9. The van der Waals surface area contributed by atoms with Gasteiger partial charge in [-0.15, -0.1) is 0 Å². The molecular formula is C24H50O3Si2. The lowest BCUT2D eigenvalue weighted by atomic mass is 10.0. The molecule has 1 unspecified atom stereocenters. The topological polar surface area (TPSA) is 35.5 Å². The fourth-order valence-electron chi connectivity index (χ4n) is 4.60. The van der Waals surface area contributed by atoms with E-state index in [9.17, 15) is 4.79 Å². The Balaban J connectivity index is 5.43. The van der Waals surface area contributed by atoms with Gasteiger partial charge in [0.15, 0.2) is 8.32 Å². The zero-order valence-corrected chi connectivity index (χ0v) is 23.3. The van der Waals surface area contributed by atoms with Gasteiger partial charge in [0.05, 0.1) is 14.7 Å². The molecule has 5 heteroatoms. The highest BCUT2D eigenvalue weighted by Gasteiger charge is 2.52. The molecule has 0 rings (SSSR count). The van der Waals surface area contributed by atoms with Crippen LogP contribution in [0.1, 0.15) is 86.5 Å². The minimum atomic E-state index is -1.92. The number of esters is 1. The van der Waals surface area contributed by atoms with Crippen molar-refractivity contribution < 1.29 is 14.0 Å². The van der Waals surface area contributed by atoms with Crippen molar-refractivity contribution in [1.82, 2.24) is 0 Å². The highest BCUT2D eigenvalue weighted by molar-refractivity contribution is 6.82. The summed E-state index contributed by atoms with van der Waals surface area (Å²) in [7, 11) is -3.64. The second-order valence-electron chi connectivity index (χ2n) is 10.2. The van der Waals surface area contributed by atoms with Crippen LogP contribution in [0.15, 0.2) is 12.2 Å². The monoisotopic (exact) mass is 442 g/mol. The Morgan fingerprint density at radius 1 is 0.966 bits per heavy atom. The van der Waals surface area contributed by atoms with Gasteiger partial charge in [0.25, 0.3) is 0 Å². The fourth-order valence-corrected chi connectivity index (χ4v) is 13.0. The van der Waals surface area contributed by atoms with Crippen molar-refractivity contribution in [2.24, 2.45) is 0 Å². The number of hydrogen-bond donors (Lipinski definition) is 0. The van der Waals surface area contributed by atoms with Crippen molar-refractivity contribution in [2.75, 3.05) is 6.61 Å². The van der Waals surface area contributed by atoms with E-state index in [2.05, 4.69) is 67.4 Å². The largest absolute Gasteiger partial charge is 0.462 e. The van der Waals surface area contributed by atoms with Crippen molar-refractivity contribution in [2.45, 2.75) is 129 Å². The molecule has 0 saturated carbocycles. The molecule has 172 valence electrons. The van der Waals surface area contributed by atoms with Crippen LogP contribution >= 0.6 is 0 Å². The summed E-state index contributed by atoms with van der Waals surface area (Å²) < 4.78 is 12.7. The Hall–Kier alpha value is -0.396. The molecule has 0 aromatic heterocycles. The van der Waals surface area contributed by atoms with Gasteiger partial charge in [0.1, 0.15) is 0 Å². The molecule has 3 nitrogen and oxygen atoms in total. The molecule has 0 saturated heterocycles. The van der Waals surface area contributed by atoms with Crippen molar-refractivity contribution in [1.29, 1.82) is 0 Å².